The largest absolute Gasteiger partial charge is 0.662 e. The molecule has 1 unspecified atom stereocenters. The number of nitrogens with one attached hydrogen (secondary N) is 1. The number of para-hydroxylation sites is 1. The molecule has 1 aliphatic rings. The predicted octanol–water partition coefficient (Wildman–Crippen LogP) is 2.19. The van der Waals surface area contributed by atoms with Crippen LogP contribution in [0.1, 0.15) is 41.9 Å². The Morgan fingerprint density at radius 3 is 2.70 bits per heavy atom. The van der Waals surface area contributed by atoms with Crippen LogP contribution in [0, 0.1) is 50.0 Å². The van der Waals surface area contributed by atoms with Gasteiger partial charge in [-0.2, -0.15) is 0 Å². The molecule has 5 N–H and O–H groups in total. The van der Waals surface area contributed by atoms with Crippen LogP contribution in [0.2, 0.25) is 0 Å². The molecule has 0 bridgehead atoms. The Balaban J connectivity index is 0.00000320. The number of guanidine groups is 1. The van der Waals surface area contributed by atoms with Gasteiger partial charge in [-0.05, 0) is 30.9 Å². The molecule has 30 heavy (non-hydrogen) atoms. The molecule has 10 heteroatoms. The minimum Gasteiger partial charge on any atom is -0.662 e. The second-order valence-corrected chi connectivity index (χ2v) is 8.27. The Bertz CT molecular complexity index is 844. The van der Waals surface area contributed by atoms with Gasteiger partial charge in [0.2, 0.25) is 11.7 Å². The number of hydrogen-bond acceptors (Lipinski definition) is 5. The van der Waals surface area contributed by atoms with Crippen molar-refractivity contribution in [2.45, 2.75) is 38.1 Å². The Hall–Kier alpha value is -1.08. The van der Waals surface area contributed by atoms with Crippen LogP contribution in [0.4, 0.5) is 0 Å². The van der Waals surface area contributed by atoms with Crippen LogP contribution in [-0.4, -0.2) is 48.3 Å². The van der Waals surface area contributed by atoms with Crippen molar-refractivity contribution in [3.05, 3.63) is 34.6 Å². The molecule has 0 aliphatic carbocycles. The van der Waals surface area contributed by atoms with Crippen molar-refractivity contribution in [1.29, 1.82) is 0 Å². The van der Waals surface area contributed by atoms with E-state index in [4.69, 9.17) is 11.5 Å². The molecule has 1 radical (unpaired) electrons. The van der Waals surface area contributed by atoms with E-state index >= 15 is 0 Å². The van der Waals surface area contributed by atoms with Crippen molar-refractivity contribution in [2.24, 2.45) is 22.4 Å². The first kappa shape index (κ1) is 25.2. The van der Waals surface area contributed by atoms with E-state index in [1.54, 1.807) is 0 Å². The molecular formula is C20H27AcN6O2S-. The number of fused-ring (bicyclic) bond motifs is 1. The fourth-order valence-electron chi connectivity index (χ4n) is 3.42. The number of hydrogen-bond donors (Lipinski definition) is 3. The van der Waals surface area contributed by atoms with Crippen molar-refractivity contribution in [1.82, 2.24) is 10.3 Å². The summed E-state index contributed by atoms with van der Waals surface area (Å²) in [6, 6.07) is 6.99. The first-order chi connectivity index (χ1) is 14.0. The standard InChI is InChI=1S/C20H27N6O2S.Ac/c21-20(22)24-9-3-5-15(25-17(27)12-13-7-10-23-11-8-13)18(28)19-26-14-4-1-2-6-16(14)29-19;/h1-2,4,6,13,15H,3,5,7-12H2,(H,25,27)(H4,21,22,24);/q-1;. The number of Topliss-reactive ketones (excluding diaryl/α,β-unsaturated/α-hetero) is 1. The predicted molar refractivity (Wildman–Crippen MR) is 116 cm³/mol. The average molecular weight is 643 g/mol. The fraction of sp³-hybridized carbons (Fsp3) is 0.500. The summed E-state index contributed by atoms with van der Waals surface area (Å²) in [5.74, 6) is 0.0826. The van der Waals surface area contributed by atoms with Crippen molar-refractivity contribution >= 4 is 39.2 Å². The molecule has 1 amide bonds. The Kier molecular flexibility index (Phi) is 10.7. The van der Waals surface area contributed by atoms with Crippen molar-refractivity contribution < 1.29 is 53.7 Å². The minimum absolute atomic E-state index is 0. The molecule has 1 aliphatic heterocycles. The summed E-state index contributed by atoms with van der Waals surface area (Å²) >= 11 is 1.35. The first-order valence-corrected chi connectivity index (χ1v) is 10.7. The van der Waals surface area contributed by atoms with Crippen LogP contribution in [0.25, 0.3) is 15.5 Å². The zero-order chi connectivity index (χ0) is 20.6. The molecule has 2 aromatic rings. The normalized spacial score (nSPS) is 15.2. The number of aliphatic imine (C=N–C) groups is 1. The molecule has 1 aromatic carbocycles. The number of nitrogens with two attached hydrogens (primary N) is 2. The van der Waals surface area contributed by atoms with Gasteiger partial charge in [-0.25, -0.2) is 4.98 Å². The number of benzene rings is 1. The molecule has 0 spiro atoms. The molecule has 1 fully saturated rings. The van der Waals surface area contributed by atoms with Crippen LogP contribution in [0.3, 0.4) is 0 Å². The molecule has 2 heterocycles. The summed E-state index contributed by atoms with van der Waals surface area (Å²) in [4.78, 5) is 34.1. The van der Waals surface area contributed by atoms with E-state index in [9.17, 15) is 9.59 Å². The number of nitrogens with zero attached hydrogens (tertiary/aromatic N) is 3. The molecule has 3 rings (SSSR count). The number of ketones is 1. The molecular weight excluding hydrogens is 615 g/mol. The van der Waals surface area contributed by atoms with E-state index in [0.717, 1.165) is 36.1 Å². The van der Waals surface area contributed by atoms with E-state index < -0.39 is 6.04 Å². The summed E-state index contributed by atoms with van der Waals surface area (Å²) < 4.78 is 0.951. The van der Waals surface area contributed by atoms with Gasteiger partial charge in [0.25, 0.3) is 0 Å². The molecule has 1 aromatic heterocycles. The Labute approximate surface area is 216 Å². The third kappa shape index (κ3) is 7.56. The molecule has 0 saturated carbocycles. The smallest absolute Gasteiger partial charge is 0.220 e. The second kappa shape index (κ2) is 12.7. The third-order valence-corrected chi connectivity index (χ3v) is 6.02. The summed E-state index contributed by atoms with van der Waals surface area (Å²) in [5.41, 5.74) is 11.5. The van der Waals surface area contributed by atoms with Crippen LogP contribution in [0.5, 0.6) is 0 Å². The van der Waals surface area contributed by atoms with Gasteiger partial charge in [-0.3, -0.25) is 14.6 Å². The maximum atomic E-state index is 13.1. The number of carbonyl (C=O) groups excluding carboxylic acids is 2. The zero-order valence-electron chi connectivity index (χ0n) is 16.9. The quantitative estimate of drug-likeness (QED) is 0.167. The Morgan fingerprint density at radius 1 is 1.27 bits per heavy atom. The number of carbonyl (C=O) groups is 2. The van der Waals surface area contributed by atoms with Crippen LogP contribution >= 0.6 is 11.3 Å². The van der Waals surface area contributed by atoms with E-state index in [-0.39, 0.29) is 61.7 Å². The van der Waals surface area contributed by atoms with Crippen molar-refractivity contribution in [3.63, 3.8) is 0 Å². The number of piperidine rings is 1. The van der Waals surface area contributed by atoms with E-state index in [1.165, 1.54) is 11.3 Å². The van der Waals surface area contributed by atoms with Gasteiger partial charge in [0, 0.05) is 57.0 Å². The van der Waals surface area contributed by atoms with E-state index in [2.05, 4.69) is 20.6 Å². The van der Waals surface area contributed by atoms with Crippen molar-refractivity contribution in [3.8, 4) is 0 Å². The second-order valence-electron chi connectivity index (χ2n) is 7.24. The fourth-order valence-corrected chi connectivity index (χ4v) is 4.38. The van der Waals surface area contributed by atoms with E-state index in [1.807, 2.05) is 24.3 Å². The minimum atomic E-state index is -0.634. The third-order valence-electron chi connectivity index (χ3n) is 4.97. The van der Waals surface area contributed by atoms with Crippen LogP contribution in [-0.2, 0) is 4.79 Å². The molecule has 1 atom stereocenters. The number of rotatable bonds is 9. The van der Waals surface area contributed by atoms with Gasteiger partial charge in [0.05, 0.1) is 16.3 Å². The van der Waals surface area contributed by atoms with Gasteiger partial charge < -0.3 is 22.1 Å². The zero-order valence-corrected chi connectivity index (χ0v) is 22.5. The molecule has 1 saturated heterocycles. The summed E-state index contributed by atoms with van der Waals surface area (Å²) in [7, 11) is 0. The number of thiazole rings is 1. The number of aromatic nitrogens is 1. The topological polar surface area (TPSA) is 138 Å². The maximum Gasteiger partial charge on any atom is 0.220 e. The van der Waals surface area contributed by atoms with Crippen LogP contribution < -0.4 is 16.8 Å². The van der Waals surface area contributed by atoms with Gasteiger partial charge in [-0.1, -0.05) is 25.0 Å². The van der Waals surface area contributed by atoms with Crippen molar-refractivity contribution in [2.75, 3.05) is 19.6 Å². The monoisotopic (exact) mass is 642 g/mol. The average Bonchev–Trinajstić information content (AvgIpc) is 3.14. The summed E-state index contributed by atoms with van der Waals surface area (Å²) in [6.45, 7) is 2.03. The first-order valence-electron chi connectivity index (χ1n) is 9.90. The Morgan fingerprint density at radius 2 is 2.00 bits per heavy atom. The SMILES string of the molecule is NC(N)=NCCCC(NC(=O)CC1CC[N-]CC1)C(=O)c1nc2ccccc2s1.[Ac]. The van der Waals surface area contributed by atoms with Crippen LogP contribution in [0.15, 0.2) is 29.3 Å². The van der Waals surface area contributed by atoms with Gasteiger partial charge in [-0.15, -0.1) is 24.4 Å². The van der Waals surface area contributed by atoms with Gasteiger partial charge in [0.1, 0.15) is 0 Å². The summed E-state index contributed by atoms with van der Waals surface area (Å²) in [6.07, 6.45) is 3.31. The maximum absolute atomic E-state index is 13.1. The van der Waals surface area contributed by atoms with E-state index in [0.29, 0.717) is 36.7 Å². The van der Waals surface area contributed by atoms with Gasteiger partial charge in [0.15, 0.2) is 11.0 Å². The molecule has 8 nitrogen and oxygen atoms in total. The summed E-state index contributed by atoms with van der Waals surface area (Å²) in [5, 5.41) is 7.67. The number of amides is 1. The van der Waals surface area contributed by atoms with Gasteiger partial charge >= 0.3 is 0 Å². The molecule has 159 valence electrons.